The lowest BCUT2D eigenvalue weighted by atomic mass is 10.2. The molecule has 0 unspecified atom stereocenters. The number of nitrogens with two attached hydrogens (primary N) is 1. The summed E-state index contributed by atoms with van der Waals surface area (Å²) in [4.78, 5) is 15.1. The van der Waals surface area contributed by atoms with E-state index in [2.05, 4.69) is 4.98 Å². The average molecular weight is 192 g/mol. The van der Waals surface area contributed by atoms with Gasteiger partial charge in [0.1, 0.15) is 0 Å². The topological polar surface area (TPSA) is 56.0 Å². The monoisotopic (exact) mass is 192 g/mol. The summed E-state index contributed by atoms with van der Waals surface area (Å²) in [5.41, 5.74) is 6.62. The minimum atomic E-state index is -0.395. The van der Waals surface area contributed by atoms with E-state index in [-0.39, 0.29) is 0 Å². The van der Waals surface area contributed by atoms with Gasteiger partial charge in [-0.05, 0) is 25.1 Å². The molecule has 66 valence electrons. The van der Waals surface area contributed by atoms with Gasteiger partial charge in [-0.15, -0.1) is 11.3 Å². The minimum absolute atomic E-state index is 0.395. The van der Waals surface area contributed by atoms with Gasteiger partial charge in [0.2, 0.25) is 5.91 Å². The Morgan fingerprint density at radius 2 is 2.31 bits per heavy atom. The van der Waals surface area contributed by atoms with Crippen molar-refractivity contribution < 1.29 is 4.79 Å². The summed E-state index contributed by atoms with van der Waals surface area (Å²) in [6.07, 6.45) is 0. The highest BCUT2D eigenvalue weighted by molar-refractivity contribution is 7.18. The summed E-state index contributed by atoms with van der Waals surface area (Å²) in [6.45, 7) is 1.94. The zero-order valence-corrected chi connectivity index (χ0v) is 7.89. The molecule has 1 heterocycles. The number of aromatic nitrogens is 1. The number of fused-ring (bicyclic) bond motifs is 1. The maximum absolute atomic E-state index is 10.9. The normalized spacial score (nSPS) is 10.5. The maximum atomic E-state index is 10.9. The minimum Gasteiger partial charge on any atom is -0.366 e. The zero-order valence-electron chi connectivity index (χ0n) is 7.07. The van der Waals surface area contributed by atoms with Gasteiger partial charge in [0.05, 0.1) is 15.2 Å². The van der Waals surface area contributed by atoms with Crippen molar-refractivity contribution >= 4 is 27.5 Å². The predicted octanol–water partition coefficient (Wildman–Crippen LogP) is 1.70. The molecule has 1 aromatic heterocycles. The first-order chi connectivity index (χ1) is 6.16. The Morgan fingerprint density at radius 1 is 1.54 bits per heavy atom. The molecule has 1 amide bonds. The Morgan fingerprint density at radius 3 is 3.00 bits per heavy atom. The number of primary amides is 1. The van der Waals surface area contributed by atoms with Crippen LogP contribution < -0.4 is 5.73 Å². The van der Waals surface area contributed by atoms with Crippen LogP contribution in [0.15, 0.2) is 18.2 Å². The highest BCUT2D eigenvalue weighted by atomic mass is 32.1. The summed E-state index contributed by atoms with van der Waals surface area (Å²) < 4.78 is 1.01. The van der Waals surface area contributed by atoms with Crippen LogP contribution in [-0.4, -0.2) is 10.9 Å². The van der Waals surface area contributed by atoms with Gasteiger partial charge in [0.25, 0.3) is 0 Å². The molecule has 13 heavy (non-hydrogen) atoms. The Bertz CT molecular complexity index is 475. The van der Waals surface area contributed by atoms with Gasteiger partial charge in [-0.1, -0.05) is 0 Å². The SMILES string of the molecule is Cc1nc2ccc(C(N)=O)cc2s1. The van der Waals surface area contributed by atoms with Gasteiger partial charge in [-0.2, -0.15) is 0 Å². The van der Waals surface area contributed by atoms with E-state index >= 15 is 0 Å². The smallest absolute Gasteiger partial charge is 0.248 e. The fourth-order valence-corrected chi connectivity index (χ4v) is 2.06. The summed E-state index contributed by atoms with van der Waals surface area (Å²) in [5, 5.41) is 0.997. The third-order valence-electron chi connectivity index (χ3n) is 1.78. The zero-order chi connectivity index (χ0) is 9.42. The number of hydrogen-bond donors (Lipinski definition) is 1. The molecule has 2 rings (SSSR count). The fraction of sp³-hybridized carbons (Fsp3) is 0.111. The first-order valence-electron chi connectivity index (χ1n) is 3.84. The number of carbonyl (C=O) groups excluding carboxylic acids is 1. The van der Waals surface area contributed by atoms with E-state index in [9.17, 15) is 4.79 Å². The Kier molecular flexibility index (Phi) is 1.77. The second-order valence-corrected chi connectivity index (χ2v) is 4.01. The summed E-state index contributed by atoms with van der Waals surface area (Å²) >= 11 is 1.56. The Hall–Kier alpha value is -1.42. The van der Waals surface area contributed by atoms with E-state index in [0.717, 1.165) is 15.2 Å². The molecule has 3 nitrogen and oxygen atoms in total. The lowest BCUT2D eigenvalue weighted by Crippen LogP contribution is -2.10. The van der Waals surface area contributed by atoms with Crippen molar-refractivity contribution in [3.8, 4) is 0 Å². The molecule has 0 bridgehead atoms. The number of carbonyl (C=O) groups is 1. The van der Waals surface area contributed by atoms with Crippen molar-refractivity contribution in [2.75, 3.05) is 0 Å². The van der Waals surface area contributed by atoms with Crippen LogP contribution in [0, 0.1) is 6.92 Å². The molecular formula is C9H8N2OS. The standard InChI is InChI=1S/C9H8N2OS/c1-5-11-7-3-2-6(9(10)12)4-8(7)13-5/h2-4H,1H3,(H2,10,12). The highest BCUT2D eigenvalue weighted by Crippen LogP contribution is 2.22. The molecule has 2 N–H and O–H groups in total. The van der Waals surface area contributed by atoms with E-state index in [1.54, 1.807) is 23.5 Å². The summed E-state index contributed by atoms with van der Waals surface area (Å²) in [6, 6.07) is 5.30. The van der Waals surface area contributed by atoms with Crippen LogP contribution in [0.2, 0.25) is 0 Å². The Balaban J connectivity index is 2.67. The van der Waals surface area contributed by atoms with Gasteiger partial charge in [-0.25, -0.2) is 4.98 Å². The number of thiazole rings is 1. The number of benzene rings is 1. The molecule has 0 spiro atoms. The van der Waals surface area contributed by atoms with Crippen LogP contribution in [0.5, 0.6) is 0 Å². The second kappa shape index (κ2) is 2.81. The van der Waals surface area contributed by atoms with E-state index in [4.69, 9.17) is 5.73 Å². The third kappa shape index (κ3) is 1.40. The molecule has 0 atom stereocenters. The van der Waals surface area contributed by atoms with E-state index in [1.165, 1.54) is 0 Å². The number of rotatable bonds is 1. The first-order valence-corrected chi connectivity index (χ1v) is 4.65. The highest BCUT2D eigenvalue weighted by Gasteiger charge is 2.04. The van der Waals surface area contributed by atoms with Crippen molar-refractivity contribution in [3.63, 3.8) is 0 Å². The van der Waals surface area contributed by atoms with Gasteiger partial charge in [0, 0.05) is 5.56 Å². The van der Waals surface area contributed by atoms with E-state index < -0.39 is 5.91 Å². The van der Waals surface area contributed by atoms with Crippen molar-refractivity contribution in [2.24, 2.45) is 5.73 Å². The molecule has 0 saturated carbocycles. The summed E-state index contributed by atoms with van der Waals surface area (Å²) in [7, 11) is 0. The molecule has 0 radical (unpaired) electrons. The van der Waals surface area contributed by atoms with Crippen molar-refractivity contribution in [1.29, 1.82) is 0 Å². The van der Waals surface area contributed by atoms with Gasteiger partial charge in [-0.3, -0.25) is 4.79 Å². The lowest BCUT2D eigenvalue weighted by Gasteiger charge is -1.92. The number of amides is 1. The first kappa shape index (κ1) is 8.19. The average Bonchev–Trinajstić information content (AvgIpc) is 2.42. The van der Waals surface area contributed by atoms with Crippen molar-refractivity contribution in [1.82, 2.24) is 4.98 Å². The fourth-order valence-electron chi connectivity index (χ4n) is 1.19. The molecule has 0 aliphatic rings. The third-order valence-corrected chi connectivity index (χ3v) is 2.71. The van der Waals surface area contributed by atoms with Crippen LogP contribution >= 0.6 is 11.3 Å². The van der Waals surface area contributed by atoms with Crippen LogP contribution in [0.1, 0.15) is 15.4 Å². The largest absolute Gasteiger partial charge is 0.366 e. The molecule has 4 heteroatoms. The van der Waals surface area contributed by atoms with Crippen LogP contribution in [-0.2, 0) is 0 Å². The van der Waals surface area contributed by atoms with Crippen LogP contribution in [0.4, 0.5) is 0 Å². The second-order valence-electron chi connectivity index (χ2n) is 2.78. The molecule has 0 saturated heterocycles. The van der Waals surface area contributed by atoms with Gasteiger partial charge in [0.15, 0.2) is 0 Å². The lowest BCUT2D eigenvalue weighted by molar-refractivity contribution is 0.100. The molecule has 2 aromatic rings. The van der Waals surface area contributed by atoms with E-state index in [1.807, 2.05) is 13.0 Å². The molecular weight excluding hydrogens is 184 g/mol. The van der Waals surface area contributed by atoms with E-state index in [0.29, 0.717) is 5.56 Å². The number of nitrogens with zero attached hydrogens (tertiary/aromatic N) is 1. The van der Waals surface area contributed by atoms with Crippen molar-refractivity contribution in [3.05, 3.63) is 28.8 Å². The molecule has 0 aliphatic heterocycles. The number of hydrogen-bond acceptors (Lipinski definition) is 3. The molecule has 0 aliphatic carbocycles. The van der Waals surface area contributed by atoms with Crippen molar-refractivity contribution in [2.45, 2.75) is 6.92 Å². The Labute approximate surface area is 79.2 Å². The maximum Gasteiger partial charge on any atom is 0.248 e. The van der Waals surface area contributed by atoms with Gasteiger partial charge >= 0.3 is 0 Å². The van der Waals surface area contributed by atoms with Gasteiger partial charge < -0.3 is 5.73 Å². The quantitative estimate of drug-likeness (QED) is 0.747. The predicted molar refractivity (Wildman–Crippen MR) is 52.9 cm³/mol. The molecule has 0 fully saturated rings. The van der Waals surface area contributed by atoms with Crippen LogP contribution in [0.3, 0.4) is 0 Å². The van der Waals surface area contributed by atoms with Crippen LogP contribution in [0.25, 0.3) is 10.2 Å². The summed E-state index contributed by atoms with van der Waals surface area (Å²) in [5.74, 6) is -0.395. The molecule has 1 aromatic carbocycles. The number of aryl methyl sites for hydroxylation is 1.